The van der Waals surface area contributed by atoms with Crippen molar-refractivity contribution in [2.24, 2.45) is 0 Å². The number of rotatable bonds is 7. The van der Waals surface area contributed by atoms with E-state index in [0.717, 1.165) is 26.2 Å². The third-order valence-electron chi connectivity index (χ3n) is 4.40. The van der Waals surface area contributed by atoms with Gasteiger partial charge in [-0.3, -0.25) is 9.69 Å². The van der Waals surface area contributed by atoms with Crippen LogP contribution in [0.1, 0.15) is 39.5 Å². The van der Waals surface area contributed by atoms with E-state index in [1.165, 1.54) is 25.7 Å². The van der Waals surface area contributed by atoms with Crippen LogP contribution in [0.4, 0.5) is 0 Å². The topological polar surface area (TPSA) is 37.3 Å². The maximum Gasteiger partial charge on any atom is 0.250 e. The average molecular weight is 291 g/mol. The number of aromatic nitrogens is 1. The van der Waals surface area contributed by atoms with Crippen molar-refractivity contribution in [3.05, 3.63) is 34.7 Å². The molecule has 0 saturated carbocycles. The fourth-order valence-electron chi connectivity index (χ4n) is 3.24. The quantitative estimate of drug-likeness (QED) is 0.836. The molecule has 1 aliphatic heterocycles. The van der Waals surface area contributed by atoms with E-state index in [-0.39, 0.29) is 5.56 Å². The van der Waals surface area contributed by atoms with Crippen molar-refractivity contribution in [2.45, 2.75) is 58.2 Å². The molecule has 0 spiro atoms. The molecule has 4 heteroatoms. The fraction of sp³-hybridized carbons (Fsp3) is 0.706. The van der Waals surface area contributed by atoms with Gasteiger partial charge in [-0.05, 0) is 18.9 Å². The molecule has 1 saturated heterocycles. The number of hydrogen-bond donors (Lipinski definition) is 1. The lowest BCUT2D eigenvalue weighted by molar-refractivity contribution is 0.114. The zero-order valence-electron chi connectivity index (χ0n) is 13.4. The van der Waals surface area contributed by atoms with E-state index < -0.39 is 0 Å². The fourth-order valence-corrected chi connectivity index (χ4v) is 3.24. The van der Waals surface area contributed by atoms with Gasteiger partial charge in [-0.1, -0.05) is 32.8 Å². The molecule has 2 heterocycles. The van der Waals surface area contributed by atoms with E-state index in [2.05, 4.69) is 24.1 Å². The number of nitrogens with one attached hydrogen (secondary N) is 1. The Kier molecular flexibility index (Phi) is 6.46. The molecule has 2 rings (SSSR count). The first-order valence-corrected chi connectivity index (χ1v) is 8.37. The Labute approximate surface area is 128 Å². The molecule has 21 heavy (non-hydrogen) atoms. The molecule has 118 valence electrons. The standard InChI is InChI=1S/C17H29N3O/c1-3-7-15-14-20(16(8-4-2)13-18-15)12-11-19-10-6-5-9-17(19)21/h5-6,9-10,15-16,18H,3-4,7-8,11-14H2,1-2H3. The third kappa shape index (κ3) is 4.68. The highest BCUT2D eigenvalue weighted by Crippen LogP contribution is 2.14. The molecule has 4 nitrogen and oxygen atoms in total. The van der Waals surface area contributed by atoms with Crippen LogP contribution in [0.2, 0.25) is 0 Å². The normalized spacial score (nSPS) is 23.3. The SMILES string of the molecule is CCCC1CN(CCn2ccccc2=O)C(CCC)CN1. The second kappa shape index (κ2) is 8.35. The molecule has 0 radical (unpaired) electrons. The number of hydrogen-bond acceptors (Lipinski definition) is 3. The molecule has 1 fully saturated rings. The minimum atomic E-state index is 0.102. The van der Waals surface area contributed by atoms with Gasteiger partial charge in [0.25, 0.3) is 5.56 Å². The summed E-state index contributed by atoms with van der Waals surface area (Å²) in [7, 11) is 0. The van der Waals surface area contributed by atoms with Crippen LogP contribution in [0.25, 0.3) is 0 Å². The van der Waals surface area contributed by atoms with Gasteiger partial charge >= 0.3 is 0 Å². The smallest absolute Gasteiger partial charge is 0.250 e. The molecule has 0 aliphatic carbocycles. The molecule has 1 aliphatic rings. The Bertz CT molecular complexity index is 471. The van der Waals surface area contributed by atoms with Gasteiger partial charge in [-0.2, -0.15) is 0 Å². The second-order valence-electron chi connectivity index (χ2n) is 6.06. The Hall–Kier alpha value is -1.13. The first-order valence-electron chi connectivity index (χ1n) is 8.37. The van der Waals surface area contributed by atoms with E-state index in [1.54, 1.807) is 12.1 Å². The van der Waals surface area contributed by atoms with Gasteiger partial charge in [0.05, 0.1) is 0 Å². The lowest BCUT2D eigenvalue weighted by Crippen LogP contribution is -2.57. The summed E-state index contributed by atoms with van der Waals surface area (Å²) in [5.74, 6) is 0. The van der Waals surface area contributed by atoms with Crippen molar-refractivity contribution in [1.82, 2.24) is 14.8 Å². The minimum absolute atomic E-state index is 0.102. The molecule has 1 N–H and O–H groups in total. The lowest BCUT2D eigenvalue weighted by atomic mass is 10.0. The number of nitrogens with zero attached hydrogens (tertiary/aromatic N) is 2. The summed E-state index contributed by atoms with van der Waals surface area (Å²) >= 11 is 0. The molecule has 1 aromatic heterocycles. The first kappa shape index (κ1) is 16.2. The maximum absolute atomic E-state index is 11.8. The van der Waals surface area contributed by atoms with Gasteiger partial charge in [-0.15, -0.1) is 0 Å². The Balaban J connectivity index is 1.95. The van der Waals surface area contributed by atoms with Gasteiger partial charge in [0.15, 0.2) is 0 Å². The zero-order valence-corrected chi connectivity index (χ0v) is 13.4. The monoisotopic (exact) mass is 291 g/mol. The Morgan fingerprint density at radius 2 is 2.00 bits per heavy atom. The van der Waals surface area contributed by atoms with Gasteiger partial charge in [0, 0.05) is 50.5 Å². The van der Waals surface area contributed by atoms with Crippen LogP contribution in [0.5, 0.6) is 0 Å². The van der Waals surface area contributed by atoms with Crippen LogP contribution in [0, 0.1) is 0 Å². The highest BCUT2D eigenvalue weighted by molar-refractivity contribution is 4.93. The van der Waals surface area contributed by atoms with Crippen LogP contribution in [-0.2, 0) is 6.54 Å². The van der Waals surface area contributed by atoms with E-state index in [9.17, 15) is 4.79 Å². The molecule has 1 aromatic rings. The molecule has 0 aromatic carbocycles. The van der Waals surface area contributed by atoms with Gasteiger partial charge in [-0.25, -0.2) is 0 Å². The molecule has 2 atom stereocenters. The predicted octanol–water partition coefficient (Wildman–Crippen LogP) is 2.09. The van der Waals surface area contributed by atoms with Crippen LogP contribution >= 0.6 is 0 Å². The molecular weight excluding hydrogens is 262 g/mol. The number of piperazine rings is 1. The van der Waals surface area contributed by atoms with E-state index in [4.69, 9.17) is 0 Å². The largest absolute Gasteiger partial charge is 0.314 e. The van der Waals surface area contributed by atoms with Crippen LogP contribution in [0.3, 0.4) is 0 Å². The summed E-state index contributed by atoms with van der Waals surface area (Å²) in [6, 6.07) is 6.60. The summed E-state index contributed by atoms with van der Waals surface area (Å²) < 4.78 is 1.82. The molecule has 2 unspecified atom stereocenters. The van der Waals surface area contributed by atoms with Crippen molar-refractivity contribution in [1.29, 1.82) is 0 Å². The van der Waals surface area contributed by atoms with E-state index in [1.807, 2.05) is 16.8 Å². The predicted molar refractivity (Wildman–Crippen MR) is 87.7 cm³/mol. The Morgan fingerprint density at radius 3 is 2.71 bits per heavy atom. The van der Waals surface area contributed by atoms with Gasteiger partial charge in [0.2, 0.25) is 0 Å². The van der Waals surface area contributed by atoms with Crippen molar-refractivity contribution in [3.63, 3.8) is 0 Å². The highest BCUT2D eigenvalue weighted by atomic mass is 16.1. The highest BCUT2D eigenvalue weighted by Gasteiger charge is 2.26. The molecular formula is C17H29N3O. The summed E-state index contributed by atoms with van der Waals surface area (Å²) in [6.45, 7) is 8.45. The lowest BCUT2D eigenvalue weighted by Gasteiger charge is -2.40. The van der Waals surface area contributed by atoms with Crippen molar-refractivity contribution >= 4 is 0 Å². The van der Waals surface area contributed by atoms with Crippen LogP contribution in [0.15, 0.2) is 29.2 Å². The summed E-state index contributed by atoms with van der Waals surface area (Å²) in [6.07, 6.45) is 6.80. The van der Waals surface area contributed by atoms with E-state index >= 15 is 0 Å². The average Bonchev–Trinajstić information content (AvgIpc) is 2.49. The summed E-state index contributed by atoms with van der Waals surface area (Å²) in [5.41, 5.74) is 0.102. The van der Waals surface area contributed by atoms with E-state index in [0.29, 0.717) is 12.1 Å². The molecule has 0 amide bonds. The third-order valence-corrected chi connectivity index (χ3v) is 4.40. The first-order chi connectivity index (χ1) is 10.2. The van der Waals surface area contributed by atoms with Crippen molar-refractivity contribution in [2.75, 3.05) is 19.6 Å². The maximum atomic E-state index is 11.8. The minimum Gasteiger partial charge on any atom is -0.314 e. The Morgan fingerprint density at radius 1 is 1.19 bits per heavy atom. The van der Waals surface area contributed by atoms with Crippen molar-refractivity contribution < 1.29 is 0 Å². The molecule has 0 bridgehead atoms. The van der Waals surface area contributed by atoms with Crippen LogP contribution in [-0.4, -0.2) is 41.2 Å². The van der Waals surface area contributed by atoms with Gasteiger partial charge < -0.3 is 9.88 Å². The second-order valence-corrected chi connectivity index (χ2v) is 6.06. The van der Waals surface area contributed by atoms with Gasteiger partial charge in [0.1, 0.15) is 0 Å². The zero-order chi connectivity index (χ0) is 15.1. The summed E-state index contributed by atoms with van der Waals surface area (Å²) in [5, 5.41) is 3.68. The van der Waals surface area contributed by atoms with Crippen LogP contribution < -0.4 is 10.9 Å². The summed E-state index contributed by atoms with van der Waals surface area (Å²) in [4.78, 5) is 14.4. The van der Waals surface area contributed by atoms with Crippen molar-refractivity contribution in [3.8, 4) is 0 Å². The number of pyridine rings is 1.